The quantitative estimate of drug-likeness (QED) is 0.618. The molecule has 16 heavy (non-hydrogen) atoms. The monoisotopic (exact) mass is 225 g/mol. The largest absolute Gasteiger partial charge is 0.472 e. The van der Waals surface area contributed by atoms with Crippen molar-refractivity contribution in [2.24, 2.45) is 5.10 Å². The van der Waals surface area contributed by atoms with E-state index in [1.54, 1.807) is 5.43 Å². The number of hydrazone groups is 1. The Labute approximate surface area is 90.7 Å². The van der Waals surface area contributed by atoms with Crippen molar-refractivity contribution in [3.8, 4) is 0 Å². The average Bonchev–Trinajstić information content (AvgIpc) is 2.27. The molecule has 1 aliphatic rings. The minimum atomic E-state index is -0.861. The zero-order chi connectivity index (χ0) is 11.4. The van der Waals surface area contributed by atoms with Crippen LogP contribution < -0.4 is 5.43 Å². The normalized spacial score (nSPS) is 15.0. The summed E-state index contributed by atoms with van der Waals surface area (Å²) in [5.41, 5.74) is 2.59. The Morgan fingerprint density at radius 3 is 2.75 bits per heavy atom. The zero-order valence-corrected chi connectivity index (χ0v) is 8.23. The van der Waals surface area contributed by atoms with E-state index in [-0.39, 0.29) is 17.8 Å². The fourth-order valence-corrected chi connectivity index (χ4v) is 1.17. The van der Waals surface area contributed by atoms with Crippen molar-refractivity contribution in [3.05, 3.63) is 47.9 Å². The van der Waals surface area contributed by atoms with Gasteiger partial charge in [0.2, 0.25) is 11.8 Å². The van der Waals surface area contributed by atoms with E-state index in [1.807, 2.05) is 30.3 Å². The van der Waals surface area contributed by atoms with Crippen LogP contribution in [0.25, 0.3) is 0 Å². The average molecular weight is 225 g/mol. The number of benzene rings is 1. The first kappa shape index (κ1) is 10.4. The Bertz CT molecular complexity index is 419. The second-order valence-electron chi connectivity index (χ2n) is 3.08. The summed E-state index contributed by atoms with van der Waals surface area (Å²) in [7, 11) is 0. The summed E-state index contributed by atoms with van der Waals surface area (Å²) in [5.74, 6) is -0.983. The molecule has 1 aliphatic heterocycles. The molecule has 1 N–H and O–H groups in total. The molecule has 0 amide bonds. The Kier molecular flexibility index (Phi) is 3.00. The number of rotatable bonds is 2. The fourth-order valence-electron chi connectivity index (χ4n) is 1.17. The van der Waals surface area contributed by atoms with Crippen molar-refractivity contribution in [2.45, 2.75) is 6.61 Å². The molecule has 0 fully saturated rings. The Balaban J connectivity index is 1.96. The summed E-state index contributed by atoms with van der Waals surface area (Å²) < 4.78 is 30.4. The van der Waals surface area contributed by atoms with E-state index < -0.39 is 5.95 Å². The highest BCUT2D eigenvalue weighted by molar-refractivity contribution is 5.88. The van der Waals surface area contributed by atoms with E-state index in [4.69, 9.17) is 4.74 Å². The van der Waals surface area contributed by atoms with E-state index in [1.165, 1.54) is 0 Å². The molecular weight excluding hydrogens is 216 g/mol. The van der Waals surface area contributed by atoms with Gasteiger partial charge in [0.15, 0.2) is 0 Å². The number of ether oxygens (including phenoxy) is 1. The molecule has 0 radical (unpaired) electrons. The van der Waals surface area contributed by atoms with E-state index in [9.17, 15) is 8.87 Å². The number of hydrogen-bond donors (Lipinski definition) is 1. The summed E-state index contributed by atoms with van der Waals surface area (Å²) in [6, 6.07) is 9.25. The van der Waals surface area contributed by atoms with E-state index in [0.717, 1.165) is 11.6 Å². The van der Waals surface area contributed by atoms with Crippen LogP contribution in [0.4, 0.5) is 8.87 Å². The Morgan fingerprint density at radius 1 is 1.31 bits per heavy atom. The van der Waals surface area contributed by atoms with Gasteiger partial charge in [-0.05, 0) is 10.9 Å². The molecule has 0 bridgehead atoms. The third kappa shape index (κ3) is 2.69. The van der Waals surface area contributed by atoms with Crippen molar-refractivity contribution in [1.29, 1.82) is 0 Å². The van der Waals surface area contributed by atoms with Crippen LogP contribution in [0.5, 0.6) is 0 Å². The lowest BCUT2D eigenvalue weighted by Gasteiger charge is -2.15. The summed E-state index contributed by atoms with van der Waals surface area (Å²) in [5, 5.41) is 3.04. The van der Waals surface area contributed by atoms with Gasteiger partial charge in [-0.1, -0.05) is 39.9 Å². The first-order chi connectivity index (χ1) is 7.74. The molecule has 1 aromatic carbocycles. The molecule has 1 heterocycles. The maximum atomic E-state index is 12.7. The van der Waals surface area contributed by atoms with Gasteiger partial charge in [-0.2, -0.15) is 4.39 Å². The molecule has 0 saturated carbocycles. The first-order valence-corrected chi connectivity index (χ1v) is 4.59. The highest BCUT2D eigenvalue weighted by atomic mass is 19.2. The number of nitrogens with zero attached hydrogens (tertiary/aromatic N) is 2. The summed E-state index contributed by atoms with van der Waals surface area (Å²) in [6.07, 6.45) is 0.971. The van der Waals surface area contributed by atoms with E-state index in [0.29, 0.717) is 0 Å². The van der Waals surface area contributed by atoms with E-state index >= 15 is 0 Å². The second kappa shape index (κ2) is 4.61. The number of hydrogen-bond acceptors (Lipinski definition) is 4. The molecule has 84 valence electrons. The van der Waals surface area contributed by atoms with Crippen LogP contribution in [0.2, 0.25) is 0 Å². The van der Waals surface area contributed by atoms with Gasteiger partial charge in [-0.15, -0.1) is 0 Å². The molecule has 6 heteroatoms. The lowest BCUT2D eigenvalue weighted by molar-refractivity contribution is -0.0316. The van der Waals surface area contributed by atoms with Crippen LogP contribution in [0.15, 0.2) is 47.5 Å². The van der Waals surface area contributed by atoms with Crippen LogP contribution in [-0.2, 0) is 11.3 Å². The van der Waals surface area contributed by atoms with Crippen LogP contribution in [0.1, 0.15) is 5.56 Å². The Morgan fingerprint density at radius 2 is 2.06 bits per heavy atom. The van der Waals surface area contributed by atoms with E-state index in [2.05, 4.69) is 5.10 Å². The minimum absolute atomic E-state index is 0.123. The summed E-state index contributed by atoms with van der Waals surface area (Å²) >= 11 is 0. The third-order valence-corrected chi connectivity index (χ3v) is 1.87. The highest BCUT2D eigenvalue weighted by Gasteiger charge is 2.12. The molecule has 2 rings (SSSR count). The molecule has 0 aromatic heterocycles. The number of nitrogens with one attached hydrogen (secondary N) is 1. The molecule has 4 nitrogen and oxygen atoms in total. The molecule has 1 aromatic rings. The van der Waals surface area contributed by atoms with Gasteiger partial charge < -0.3 is 4.74 Å². The predicted octanol–water partition coefficient (Wildman–Crippen LogP) is 2.03. The van der Waals surface area contributed by atoms with Gasteiger partial charge in [0.25, 0.3) is 0 Å². The first-order valence-electron chi connectivity index (χ1n) is 4.59. The van der Waals surface area contributed by atoms with Crippen molar-refractivity contribution in [3.63, 3.8) is 0 Å². The van der Waals surface area contributed by atoms with Crippen LogP contribution in [-0.4, -0.2) is 11.2 Å². The zero-order valence-electron chi connectivity index (χ0n) is 8.23. The fraction of sp³-hybridized carbons (Fsp3) is 0.100. The number of hydrazine groups is 1. The van der Waals surface area contributed by atoms with Crippen LogP contribution in [0.3, 0.4) is 0 Å². The van der Waals surface area contributed by atoms with Crippen LogP contribution in [0, 0.1) is 0 Å². The van der Waals surface area contributed by atoms with Gasteiger partial charge in [0.05, 0.1) is 6.08 Å². The van der Waals surface area contributed by atoms with Crippen molar-refractivity contribution >= 4 is 5.90 Å². The smallest absolute Gasteiger partial charge is 0.240 e. The van der Waals surface area contributed by atoms with Crippen molar-refractivity contribution in [1.82, 2.24) is 10.8 Å². The lowest BCUT2D eigenvalue weighted by atomic mass is 10.2. The van der Waals surface area contributed by atoms with Gasteiger partial charge in [-0.3, -0.25) is 0 Å². The SMILES string of the molecule is FC1=CC(OCc2ccccc2)=NN(F)N1. The summed E-state index contributed by atoms with van der Waals surface area (Å²) in [6.45, 7) is 0.206. The van der Waals surface area contributed by atoms with Crippen molar-refractivity contribution < 1.29 is 13.6 Å². The van der Waals surface area contributed by atoms with Crippen LogP contribution >= 0.6 is 0 Å². The maximum absolute atomic E-state index is 12.7. The molecule has 0 unspecified atom stereocenters. The molecule has 0 saturated heterocycles. The molecular formula is C10H9F2N3O. The highest BCUT2D eigenvalue weighted by Crippen LogP contribution is 2.07. The number of halogens is 2. The van der Waals surface area contributed by atoms with Gasteiger partial charge >= 0.3 is 0 Å². The minimum Gasteiger partial charge on any atom is -0.472 e. The van der Waals surface area contributed by atoms with Gasteiger partial charge in [-0.25, -0.2) is 5.43 Å². The molecule has 0 atom stereocenters. The maximum Gasteiger partial charge on any atom is 0.240 e. The second-order valence-corrected chi connectivity index (χ2v) is 3.08. The molecule has 0 aliphatic carbocycles. The standard InChI is InChI=1S/C10H9F2N3O/c11-9-6-10(14-15(12)13-9)16-7-8-4-2-1-3-5-8/h1-6,13H,7H2. The van der Waals surface area contributed by atoms with Gasteiger partial charge in [0.1, 0.15) is 6.61 Å². The van der Waals surface area contributed by atoms with Gasteiger partial charge in [0, 0.05) is 0 Å². The summed E-state index contributed by atoms with van der Waals surface area (Å²) in [4.78, 5) is 0. The predicted molar refractivity (Wildman–Crippen MR) is 53.9 cm³/mol. The topological polar surface area (TPSA) is 36.9 Å². The Hall–Kier alpha value is -2.11. The lowest BCUT2D eigenvalue weighted by Crippen LogP contribution is -2.29. The van der Waals surface area contributed by atoms with Crippen molar-refractivity contribution in [2.75, 3.05) is 0 Å². The third-order valence-electron chi connectivity index (χ3n) is 1.87. The molecule has 0 spiro atoms.